The molecule has 0 aromatic rings. The predicted octanol–water partition coefficient (Wildman–Crippen LogP) is 1.99. The van der Waals surface area contributed by atoms with Crippen molar-refractivity contribution in [2.24, 2.45) is 17.3 Å². The van der Waals surface area contributed by atoms with E-state index in [1.165, 1.54) is 20.0 Å². The lowest BCUT2D eigenvalue weighted by molar-refractivity contribution is -0.154. The summed E-state index contributed by atoms with van der Waals surface area (Å²) in [5, 5.41) is 0. The van der Waals surface area contributed by atoms with E-state index in [9.17, 15) is 4.79 Å². The molecule has 3 unspecified atom stereocenters. The molecule has 0 spiro atoms. The Labute approximate surface area is 73.3 Å². The van der Waals surface area contributed by atoms with E-state index in [0.29, 0.717) is 5.92 Å². The SMILES string of the molecule is COC(=O)C12CCC(CC1C)C2. The Hall–Kier alpha value is -0.530. The largest absolute Gasteiger partial charge is 0.469 e. The fourth-order valence-corrected chi connectivity index (χ4v) is 3.15. The second kappa shape index (κ2) is 2.48. The van der Waals surface area contributed by atoms with Crippen molar-refractivity contribution < 1.29 is 9.53 Å². The summed E-state index contributed by atoms with van der Waals surface area (Å²) in [5.41, 5.74) is -0.0839. The van der Waals surface area contributed by atoms with E-state index in [4.69, 9.17) is 4.74 Å². The molecular weight excluding hydrogens is 152 g/mol. The van der Waals surface area contributed by atoms with Gasteiger partial charge in [-0.3, -0.25) is 4.79 Å². The van der Waals surface area contributed by atoms with Crippen LogP contribution in [0.1, 0.15) is 32.6 Å². The molecule has 0 aromatic carbocycles. The highest BCUT2D eigenvalue weighted by atomic mass is 16.5. The van der Waals surface area contributed by atoms with E-state index in [1.807, 2.05) is 0 Å². The Morgan fingerprint density at radius 3 is 2.75 bits per heavy atom. The molecule has 0 N–H and O–H groups in total. The molecule has 2 rings (SSSR count). The van der Waals surface area contributed by atoms with Crippen LogP contribution in [0.2, 0.25) is 0 Å². The van der Waals surface area contributed by atoms with E-state index in [1.54, 1.807) is 0 Å². The Morgan fingerprint density at radius 1 is 1.58 bits per heavy atom. The van der Waals surface area contributed by atoms with Gasteiger partial charge in [0, 0.05) is 0 Å². The molecular formula is C10H16O2. The van der Waals surface area contributed by atoms with Crippen LogP contribution in [0.3, 0.4) is 0 Å². The number of carbonyl (C=O) groups excluding carboxylic acids is 1. The van der Waals surface area contributed by atoms with Crippen LogP contribution in [0.5, 0.6) is 0 Å². The first-order valence-electron chi connectivity index (χ1n) is 4.77. The van der Waals surface area contributed by atoms with Crippen molar-refractivity contribution in [1.29, 1.82) is 0 Å². The molecule has 2 nitrogen and oxygen atoms in total. The molecule has 0 amide bonds. The van der Waals surface area contributed by atoms with Crippen LogP contribution in [0.25, 0.3) is 0 Å². The van der Waals surface area contributed by atoms with Crippen LogP contribution < -0.4 is 0 Å². The van der Waals surface area contributed by atoms with Gasteiger partial charge in [0.25, 0.3) is 0 Å². The maximum atomic E-state index is 11.6. The third kappa shape index (κ3) is 0.838. The molecule has 2 saturated carbocycles. The summed E-state index contributed by atoms with van der Waals surface area (Å²) in [5.74, 6) is 1.39. The van der Waals surface area contributed by atoms with Crippen molar-refractivity contribution >= 4 is 5.97 Å². The summed E-state index contributed by atoms with van der Waals surface area (Å²) in [7, 11) is 1.51. The Morgan fingerprint density at radius 2 is 2.33 bits per heavy atom. The molecule has 0 aliphatic heterocycles. The van der Waals surface area contributed by atoms with Gasteiger partial charge in [-0.25, -0.2) is 0 Å². The summed E-state index contributed by atoms with van der Waals surface area (Å²) < 4.78 is 4.89. The number of fused-ring (bicyclic) bond motifs is 2. The third-order valence-electron chi connectivity index (χ3n) is 3.87. The first kappa shape index (κ1) is 8.09. The van der Waals surface area contributed by atoms with Crippen molar-refractivity contribution in [2.75, 3.05) is 7.11 Å². The average molecular weight is 168 g/mol. The topological polar surface area (TPSA) is 26.3 Å². The van der Waals surface area contributed by atoms with E-state index in [0.717, 1.165) is 18.8 Å². The minimum Gasteiger partial charge on any atom is -0.469 e. The van der Waals surface area contributed by atoms with Crippen LogP contribution in [-0.4, -0.2) is 13.1 Å². The second-order valence-corrected chi connectivity index (χ2v) is 4.39. The van der Waals surface area contributed by atoms with Crippen molar-refractivity contribution in [2.45, 2.75) is 32.6 Å². The molecule has 0 saturated heterocycles. The van der Waals surface area contributed by atoms with Crippen molar-refractivity contribution in [1.82, 2.24) is 0 Å². The van der Waals surface area contributed by atoms with Gasteiger partial charge in [-0.05, 0) is 37.5 Å². The van der Waals surface area contributed by atoms with Crippen molar-refractivity contribution in [3.05, 3.63) is 0 Å². The molecule has 12 heavy (non-hydrogen) atoms. The number of rotatable bonds is 1. The number of methoxy groups -OCH3 is 1. The highest BCUT2D eigenvalue weighted by Gasteiger charge is 2.55. The van der Waals surface area contributed by atoms with Gasteiger partial charge < -0.3 is 4.74 Å². The smallest absolute Gasteiger partial charge is 0.312 e. The Kier molecular flexibility index (Phi) is 1.67. The Bertz CT molecular complexity index is 212. The first-order chi connectivity index (χ1) is 5.69. The van der Waals surface area contributed by atoms with E-state index in [-0.39, 0.29) is 11.4 Å². The molecule has 2 fully saturated rings. The molecule has 2 bridgehead atoms. The molecule has 2 heteroatoms. The molecule has 0 heterocycles. The minimum atomic E-state index is -0.0839. The maximum Gasteiger partial charge on any atom is 0.312 e. The number of carbonyl (C=O) groups is 1. The first-order valence-corrected chi connectivity index (χ1v) is 4.77. The van der Waals surface area contributed by atoms with Crippen LogP contribution in [0, 0.1) is 17.3 Å². The second-order valence-electron chi connectivity index (χ2n) is 4.39. The lowest BCUT2D eigenvalue weighted by Crippen LogP contribution is -2.33. The molecule has 3 atom stereocenters. The molecule has 68 valence electrons. The van der Waals surface area contributed by atoms with Gasteiger partial charge in [0.2, 0.25) is 0 Å². The van der Waals surface area contributed by atoms with Crippen LogP contribution in [-0.2, 0) is 9.53 Å². The molecule has 2 aliphatic carbocycles. The lowest BCUT2D eigenvalue weighted by atomic mass is 9.76. The van der Waals surface area contributed by atoms with Gasteiger partial charge in [0.1, 0.15) is 0 Å². The monoisotopic (exact) mass is 168 g/mol. The van der Waals surface area contributed by atoms with Gasteiger partial charge >= 0.3 is 5.97 Å². The molecule has 0 radical (unpaired) electrons. The van der Waals surface area contributed by atoms with Crippen molar-refractivity contribution in [3.63, 3.8) is 0 Å². The highest BCUT2D eigenvalue weighted by molar-refractivity contribution is 5.78. The van der Waals surface area contributed by atoms with Gasteiger partial charge in [-0.15, -0.1) is 0 Å². The highest BCUT2D eigenvalue weighted by Crippen LogP contribution is 2.57. The van der Waals surface area contributed by atoms with E-state index >= 15 is 0 Å². The number of hydrogen-bond acceptors (Lipinski definition) is 2. The third-order valence-corrected chi connectivity index (χ3v) is 3.87. The van der Waals surface area contributed by atoms with Crippen LogP contribution in [0.4, 0.5) is 0 Å². The Balaban J connectivity index is 2.23. The van der Waals surface area contributed by atoms with Crippen molar-refractivity contribution in [3.8, 4) is 0 Å². The number of hydrogen-bond donors (Lipinski definition) is 0. The fourth-order valence-electron chi connectivity index (χ4n) is 3.15. The molecule has 0 aromatic heterocycles. The zero-order valence-electron chi connectivity index (χ0n) is 7.80. The maximum absolute atomic E-state index is 11.6. The standard InChI is InChI=1S/C10H16O2/c1-7-5-8-3-4-10(7,6-8)9(11)12-2/h7-8H,3-6H2,1-2H3. The van der Waals surface area contributed by atoms with Gasteiger partial charge in [0.05, 0.1) is 12.5 Å². The fraction of sp³-hybridized carbons (Fsp3) is 0.900. The number of esters is 1. The minimum absolute atomic E-state index is 0.0370. The zero-order valence-corrected chi connectivity index (χ0v) is 7.80. The van der Waals surface area contributed by atoms with Gasteiger partial charge in [-0.1, -0.05) is 6.92 Å². The normalized spacial score (nSPS) is 44.8. The van der Waals surface area contributed by atoms with Crippen LogP contribution in [0.15, 0.2) is 0 Å². The van der Waals surface area contributed by atoms with Gasteiger partial charge in [0.15, 0.2) is 0 Å². The summed E-state index contributed by atoms with van der Waals surface area (Å²) >= 11 is 0. The number of ether oxygens (including phenoxy) is 1. The lowest BCUT2D eigenvalue weighted by Gasteiger charge is -2.29. The van der Waals surface area contributed by atoms with E-state index in [2.05, 4.69) is 6.92 Å². The summed E-state index contributed by atoms with van der Waals surface area (Å²) in [6.07, 6.45) is 4.61. The predicted molar refractivity (Wildman–Crippen MR) is 45.6 cm³/mol. The zero-order chi connectivity index (χ0) is 8.77. The average Bonchev–Trinajstić information content (AvgIpc) is 2.60. The summed E-state index contributed by atoms with van der Waals surface area (Å²) in [6, 6.07) is 0. The summed E-state index contributed by atoms with van der Waals surface area (Å²) in [6.45, 7) is 2.19. The van der Waals surface area contributed by atoms with E-state index < -0.39 is 0 Å². The summed E-state index contributed by atoms with van der Waals surface area (Å²) in [4.78, 5) is 11.6. The quantitative estimate of drug-likeness (QED) is 0.560. The van der Waals surface area contributed by atoms with Crippen LogP contribution >= 0.6 is 0 Å². The van der Waals surface area contributed by atoms with Gasteiger partial charge in [-0.2, -0.15) is 0 Å². The molecule has 2 aliphatic rings.